The van der Waals surface area contributed by atoms with Crippen molar-refractivity contribution in [3.8, 4) is 5.75 Å². The molecule has 0 aliphatic carbocycles. The first-order chi connectivity index (χ1) is 11.4. The molecule has 5 nitrogen and oxygen atoms in total. The molecule has 1 amide bonds. The summed E-state index contributed by atoms with van der Waals surface area (Å²) in [6.45, 7) is 2.00. The van der Waals surface area contributed by atoms with Gasteiger partial charge in [0, 0.05) is 6.54 Å². The number of anilines is 1. The highest BCUT2D eigenvalue weighted by molar-refractivity contribution is 5.95. The molecule has 1 heterocycles. The molecule has 2 N–H and O–H groups in total. The van der Waals surface area contributed by atoms with Gasteiger partial charge in [-0.3, -0.25) is 9.69 Å². The largest absolute Gasteiger partial charge is 0.433 e. The molecule has 0 radical (unpaired) electrons. The Bertz CT molecular complexity index is 554. The molecule has 0 bridgehead atoms. The maximum atomic E-state index is 12.5. The Morgan fingerprint density at radius 3 is 2.75 bits per heavy atom. The van der Waals surface area contributed by atoms with E-state index in [4.69, 9.17) is 0 Å². The first-order valence-electron chi connectivity index (χ1n) is 8.15. The number of nitrogens with one attached hydrogen (secondary N) is 1. The average Bonchev–Trinajstić information content (AvgIpc) is 2.55. The zero-order chi connectivity index (χ0) is 17.7. The van der Waals surface area contributed by atoms with Crippen molar-refractivity contribution in [2.45, 2.75) is 45.4 Å². The molecule has 0 spiro atoms. The van der Waals surface area contributed by atoms with Crippen molar-refractivity contribution in [3.63, 3.8) is 0 Å². The molecule has 3 unspecified atom stereocenters. The third-order valence-corrected chi connectivity index (χ3v) is 4.46. The molecular formula is C17H24F2N2O3. The second-order valence-electron chi connectivity index (χ2n) is 6.18. The van der Waals surface area contributed by atoms with Crippen molar-refractivity contribution in [2.24, 2.45) is 5.92 Å². The third-order valence-electron chi connectivity index (χ3n) is 4.46. The van der Waals surface area contributed by atoms with E-state index >= 15 is 0 Å². The number of carbonyl (C=O) groups excluding carboxylic acids is 1. The number of hydrogen-bond acceptors (Lipinski definition) is 4. The Hall–Kier alpha value is -1.73. The normalized spacial score (nSPS) is 21.3. The quantitative estimate of drug-likeness (QED) is 0.834. The summed E-state index contributed by atoms with van der Waals surface area (Å²) in [7, 11) is 0. The van der Waals surface area contributed by atoms with Crippen LogP contribution in [0.4, 0.5) is 14.5 Å². The summed E-state index contributed by atoms with van der Waals surface area (Å²) in [5, 5.41) is 12.4. The second-order valence-corrected chi connectivity index (χ2v) is 6.18. The molecular weight excluding hydrogens is 318 g/mol. The molecule has 0 aromatic heterocycles. The Morgan fingerprint density at radius 1 is 1.38 bits per heavy atom. The Balaban J connectivity index is 2.01. The van der Waals surface area contributed by atoms with Crippen molar-refractivity contribution in [1.29, 1.82) is 0 Å². The Labute approximate surface area is 140 Å². The maximum Gasteiger partial charge on any atom is 0.387 e. The van der Waals surface area contributed by atoms with Crippen molar-refractivity contribution >= 4 is 11.6 Å². The summed E-state index contributed by atoms with van der Waals surface area (Å²) in [6, 6.07) is 5.69. The molecule has 3 atom stereocenters. The van der Waals surface area contributed by atoms with Gasteiger partial charge in [-0.05, 0) is 51.3 Å². The molecule has 1 saturated heterocycles. The molecule has 1 aliphatic heterocycles. The van der Waals surface area contributed by atoms with Crippen LogP contribution < -0.4 is 10.1 Å². The first-order valence-corrected chi connectivity index (χ1v) is 8.15. The van der Waals surface area contributed by atoms with Gasteiger partial charge < -0.3 is 15.2 Å². The Kier molecular flexibility index (Phi) is 6.51. The fraction of sp³-hybridized carbons (Fsp3) is 0.588. The highest BCUT2D eigenvalue weighted by atomic mass is 19.3. The third kappa shape index (κ3) is 4.88. The van der Waals surface area contributed by atoms with E-state index in [0.717, 1.165) is 19.4 Å². The number of likely N-dealkylation sites (tertiary alicyclic amines) is 1. The van der Waals surface area contributed by atoms with Gasteiger partial charge in [0.05, 0.1) is 17.8 Å². The minimum Gasteiger partial charge on any atom is -0.433 e. The molecule has 2 rings (SSSR count). The van der Waals surface area contributed by atoms with E-state index < -0.39 is 18.8 Å². The summed E-state index contributed by atoms with van der Waals surface area (Å²) in [6.07, 6.45) is 1.44. The van der Waals surface area contributed by atoms with Crippen LogP contribution in [0.1, 0.15) is 26.7 Å². The van der Waals surface area contributed by atoms with Gasteiger partial charge in [-0.25, -0.2) is 0 Å². The van der Waals surface area contributed by atoms with Gasteiger partial charge in [0.25, 0.3) is 0 Å². The molecule has 1 fully saturated rings. The number of alkyl halides is 2. The second kappa shape index (κ2) is 8.39. The minimum atomic E-state index is -2.95. The van der Waals surface area contributed by atoms with Crippen LogP contribution in [0.2, 0.25) is 0 Å². The zero-order valence-electron chi connectivity index (χ0n) is 13.9. The molecule has 1 aliphatic rings. The molecule has 0 saturated carbocycles. The number of benzene rings is 1. The van der Waals surface area contributed by atoms with E-state index in [0.29, 0.717) is 6.54 Å². The van der Waals surface area contributed by atoms with Crippen LogP contribution in [0.3, 0.4) is 0 Å². The number of ether oxygens (including phenoxy) is 1. The lowest BCUT2D eigenvalue weighted by atomic mass is 9.92. The molecule has 1 aromatic carbocycles. The fourth-order valence-electron chi connectivity index (χ4n) is 2.96. The highest BCUT2D eigenvalue weighted by Crippen LogP contribution is 2.27. The number of para-hydroxylation sites is 2. The maximum absolute atomic E-state index is 12.5. The first kappa shape index (κ1) is 18.6. The van der Waals surface area contributed by atoms with Crippen molar-refractivity contribution in [1.82, 2.24) is 4.90 Å². The van der Waals surface area contributed by atoms with E-state index in [-0.39, 0.29) is 23.3 Å². The number of rotatable bonds is 6. The SMILES string of the molecule is CC(O)C1CCCN(C(C)C(=O)Nc2ccccc2OC(F)F)C1. The number of nitrogens with zero attached hydrogens (tertiary/aromatic N) is 1. The van der Waals surface area contributed by atoms with E-state index in [2.05, 4.69) is 10.1 Å². The summed E-state index contributed by atoms with van der Waals surface area (Å²) < 4.78 is 29.3. The van der Waals surface area contributed by atoms with Crippen molar-refractivity contribution in [3.05, 3.63) is 24.3 Å². The van der Waals surface area contributed by atoms with Gasteiger partial charge in [0.15, 0.2) is 0 Å². The number of amides is 1. The van der Waals surface area contributed by atoms with Crippen LogP contribution in [0.5, 0.6) is 5.75 Å². The van der Waals surface area contributed by atoms with Gasteiger partial charge in [-0.2, -0.15) is 8.78 Å². The lowest BCUT2D eigenvalue weighted by Gasteiger charge is -2.37. The van der Waals surface area contributed by atoms with Gasteiger partial charge in [0.2, 0.25) is 5.91 Å². The molecule has 134 valence electrons. The minimum absolute atomic E-state index is 0.0615. The van der Waals surface area contributed by atoms with Crippen LogP contribution >= 0.6 is 0 Å². The number of hydrogen-bond donors (Lipinski definition) is 2. The summed E-state index contributed by atoms with van der Waals surface area (Å²) in [4.78, 5) is 14.5. The summed E-state index contributed by atoms with van der Waals surface area (Å²) in [5.41, 5.74) is 0.221. The number of aliphatic hydroxyl groups excluding tert-OH is 1. The standard InChI is InChI=1S/C17H24F2N2O3/c1-11(21-9-5-6-13(10-21)12(2)22)16(23)20-14-7-3-4-8-15(14)24-17(18)19/h3-4,7-8,11-13,17,22H,5-6,9-10H2,1-2H3,(H,20,23). The van der Waals surface area contributed by atoms with Crippen molar-refractivity contribution in [2.75, 3.05) is 18.4 Å². The number of halogens is 2. The van der Waals surface area contributed by atoms with Gasteiger partial charge in [-0.15, -0.1) is 0 Å². The van der Waals surface area contributed by atoms with E-state index in [1.807, 2.05) is 4.90 Å². The number of aliphatic hydroxyl groups is 1. The van der Waals surface area contributed by atoms with Gasteiger partial charge in [-0.1, -0.05) is 12.1 Å². The molecule has 1 aromatic rings. The van der Waals surface area contributed by atoms with E-state index in [9.17, 15) is 18.7 Å². The lowest BCUT2D eigenvalue weighted by molar-refractivity contribution is -0.121. The highest BCUT2D eigenvalue weighted by Gasteiger charge is 2.29. The smallest absolute Gasteiger partial charge is 0.387 e. The van der Waals surface area contributed by atoms with Crippen LogP contribution in [0.15, 0.2) is 24.3 Å². The summed E-state index contributed by atoms with van der Waals surface area (Å²) in [5.74, 6) is -0.205. The topological polar surface area (TPSA) is 61.8 Å². The molecule has 7 heteroatoms. The number of piperidine rings is 1. The lowest BCUT2D eigenvalue weighted by Crippen LogP contribution is -2.48. The fourth-order valence-corrected chi connectivity index (χ4v) is 2.96. The zero-order valence-corrected chi connectivity index (χ0v) is 13.9. The Morgan fingerprint density at radius 2 is 2.08 bits per heavy atom. The predicted molar refractivity (Wildman–Crippen MR) is 87.1 cm³/mol. The van der Waals surface area contributed by atoms with E-state index in [1.54, 1.807) is 26.0 Å². The van der Waals surface area contributed by atoms with E-state index in [1.165, 1.54) is 12.1 Å². The van der Waals surface area contributed by atoms with Crippen LogP contribution in [0, 0.1) is 5.92 Å². The van der Waals surface area contributed by atoms with Crippen LogP contribution in [-0.2, 0) is 4.79 Å². The average molecular weight is 342 g/mol. The summed E-state index contributed by atoms with van der Waals surface area (Å²) >= 11 is 0. The van der Waals surface area contributed by atoms with Crippen LogP contribution in [-0.4, -0.2) is 47.8 Å². The molecule has 24 heavy (non-hydrogen) atoms. The monoisotopic (exact) mass is 342 g/mol. The predicted octanol–water partition coefficient (Wildman–Crippen LogP) is 2.71. The van der Waals surface area contributed by atoms with Crippen molar-refractivity contribution < 1.29 is 23.4 Å². The van der Waals surface area contributed by atoms with Crippen LogP contribution in [0.25, 0.3) is 0 Å². The van der Waals surface area contributed by atoms with Gasteiger partial charge >= 0.3 is 6.61 Å². The van der Waals surface area contributed by atoms with Gasteiger partial charge in [0.1, 0.15) is 5.75 Å². The number of carbonyl (C=O) groups is 1.